The van der Waals surface area contributed by atoms with Gasteiger partial charge in [0.05, 0.1) is 20.3 Å². The number of carbonyl (C=O) groups is 2. The van der Waals surface area contributed by atoms with Crippen molar-refractivity contribution in [2.45, 2.75) is 31.5 Å². The molecule has 2 aromatic carbocycles. The summed E-state index contributed by atoms with van der Waals surface area (Å²) in [6.07, 6.45) is 1.23. The van der Waals surface area contributed by atoms with Crippen molar-refractivity contribution in [3.8, 4) is 5.75 Å². The number of carbonyl (C=O) groups excluding carboxylic acids is 2. The van der Waals surface area contributed by atoms with Gasteiger partial charge in [-0.2, -0.15) is 0 Å². The fourth-order valence-electron chi connectivity index (χ4n) is 5.02. The van der Waals surface area contributed by atoms with Gasteiger partial charge in [-0.15, -0.1) is 0 Å². The molecule has 0 aromatic heterocycles. The van der Waals surface area contributed by atoms with Crippen LogP contribution >= 0.6 is 0 Å². The highest BCUT2D eigenvalue weighted by Gasteiger charge is 2.57. The number of nitrogens with one attached hydrogen (secondary N) is 1. The Balaban J connectivity index is 1.50. The molecule has 3 amide bonds. The van der Waals surface area contributed by atoms with Crippen LogP contribution in [0, 0.1) is 0 Å². The number of hydrogen-bond acceptors (Lipinski definition) is 6. The van der Waals surface area contributed by atoms with Crippen molar-refractivity contribution in [2.75, 3.05) is 52.8 Å². The minimum absolute atomic E-state index is 0.103. The van der Waals surface area contributed by atoms with Crippen LogP contribution in [0.2, 0.25) is 0 Å². The van der Waals surface area contributed by atoms with Crippen LogP contribution in [0.4, 0.5) is 10.5 Å². The van der Waals surface area contributed by atoms with Gasteiger partial charge in [-0.05, 0) is 48.2 Å². The second kappa shape index (κ2) is 10.4. The predicted octanol–water partition coefficient (Wildman–Crippen LogP) is 3.18. The monoisotopic (exact) mass is 466 g/mol. The van der Waals surface area contributed by atoms with Crippen molar-refractivity contribution in [3.63, 3.8) is 0 Å². The first-order valence-corrected chi connectivity index (χ1v) is 11.8. The Kier molecular flexibility index (Phi) is 7.38. The van der Waals surface area contributed by atoms with E-state index in [2.05, 4.69) is 28.4 Å². The molecular weight excluding hydrogens is 432 g/mol. The molecule has 0 atom stereocenters. The number of hydrogen-bond donors (Lipinski definition) is 1. The van der Waals surface area contributed by atoms with Gasteiger partial charge in [-0.1, -0.05) is 24.3 Å². The lowest BCUT2D eigenvalue weighted by atomic mass is 9.85. The number of benzene rings is 2. The molecular formula is C26H34N4O4. The lowest BCUT2D eigenvalue weighted by Gasteiger charge is -2.42. The van der Waals surface area contributed by atoms with Crippen molar-refractivity contribution in [1.29, 1.82) is 0 Å². The predicted molar refractivity (Wildman–Crippen MR) is 131 cm³/mol. The average Bonchev–Trinajstić information content (AvgIpc) is 3.05. The molecule has 2 aliphatic rings. The molecule has 4 rings (SSSR count). The molecule has 182 valence electrons. The van der Waals surface area contributed by atoms with Crippen LogP contribution in [0.15, 0.2) is 48.5 Å². The molecule has 0 radical (unpaired) electrons. The number of piperidine rings is 1. The summed E-state index contributed by atoms with van der Waals surface area (Å²) in [5, 5.41) is 3.18. The number of imide groups is 1. The maximum atomic E-state index is 13.7. The number of ether oxygens (including phenoxy) is 2. The van der Waals surface area contributed by atoms with E-state index in [1.54, 1.807) is 19.1 Å². The summed E-state index contributed by atoms with van der Waals surface area (Å²) in [4.78, 5) is 32.7. The summed E-state index contributed by atoms with van der Waals surface area (Å²) >= 11 is 0. The normalized spacial score (nSPS) is 18.1. The zero-order valence-electron chi connectivity index (χ0n) is 20.3. The van der Waals surface area contributed by atoms with Crippen molar-refractivity contribution >= 4 is 17.6 Å². The third kappa shape index (κ3) is 4.74. The first kappa shape index (κ1) is 24.0. The Morgan fingerprint density at radius 1 is 0.971 bits per heavy atom. The van der Waals surface area contributed by atoms with Gasteiger partial charge < -0.3 is 19.7 Å². The van der Waals surface area contributed by atoms with E-state index in [1.165, 1.54) is 10.5 Å². The standard InChI is InChI=1S/C26H34N4O4/c1-27-22-8-4-6-20(16-22)18-28-12-10-26(11-13-28)24(31)29(25(32)30(26)14-15-33-2)19-21-7-5-9-23(17-21)34-3/h4-9,16-17,27H,10-15,18-19H2,1-3H3. The van der Waals surface area contributed by atoms with E-state index in [-0.39, 0.29) is 18.5 Å². The molecule has 1 spiro atoms. The molecule has 2 aromatic rings. The number of nitrogens with zero attached hydrogens (tertiary/aromatic N) is 3. The van der Waals surface area contributed by atoms with E-state index in [0.29, 0.717) is 31.7 Å². The summed E-state index contributed by atoms with van der Waals surface area (Å²) in [6, 6.07) is 15.6. The molecule has 34 heavy (non-hydrogen) atoms. The van der Waals surface area contributed by atoms with Gasteiger partial charge in [-0.25, -0.2) is 4.79 Å². The number of methoxy groups -OCH3 is 2. The van der Waals surface area contributed by atoms with Crippen LogP contribution in [0.5, 0.6) is 5.75 Å². The van der Waals surface area contributed by atoms with E-state index in [9.17, 15) is 9.59 Å². The Morgan fingerprint density at radius 2 is 1.68 bits per heavy atom. The van der Waals surface area contributed by atoms with Gasteiger partial charge in [0.2, 0.25) is 0 Å². The van der Waals surface area contributed by atoms with Crippen LogP contribution in [0.25, 0.3) is 0 Å². The zero-order valence-corrected chi connectivity index (χ0v) is 20.3. The van der Waals surface area contributed by atoms with Gasteiger partial charge in [0.15, 0.2) is 0 Å². The summed E-state index contributed by atoms with van der Waals surface area (Å²) in [5.74, 6) is 0.603. The fraction of sp³-hybridized carbons (Fsp3) is 0.462. The summed E-state index contributed by atoms with van der Waals surface area (Å²) < 4.78 is 10.6. The molecule has 8 heteroatoms. The van der Waals surface area contributed by atoms with E-state index in [4.69, 9.17) is 9.47 Å². The molecule has 2 saturated heterocycles. The molecule has 2 aliphatic heterocycles. The lowest BCUT2D eigenvalue weighted by molar-refractivity contribution is -0.136. The van der Waals surface area contributed by atoms with E-state index in [0.717, 1.165) is 30.9 Å². The first-order valence-electron chi connectivity index (χ1n) is 11.8. The van der Waals surface area contributed by atoms with Gasteiger partial charge in [0, 0.05) is 46.0 Å². The second-order valence-corrected chi connectivity index (χ2v) is 8.93. The van der Waals surface area contributed by atoms with Crippen molar-refractivity contribution in [3.05, 3.63) is 59.7 Å². The van der Waals surface area contributed by atoms with Gasteiger partial charge in [0.25, 0.3) is 5.91 Å². The third-order valence-corrected chi connectivity index (χ3v) is 6.92. The maximum Gasteiger partial charge on any atom is 0.328 e. The lowest BCUT2D eigenvalue weighted by Crippen LogP contribution is -2.57. The summed E-state index contributed by atoms with van der Waals surface area (Å²) in [6.45, 7) is 3.35. The Labute approximate surface area is 201 Å². The topological polar surface area (TPSA) is 74.4 Å². The molecule has 2 fully saturated rings. The number of rotatable bonds is 9. The zero-order chi connectivity index (χ0) is 24.1. The van der Waals surface area contributed by atoms with E-state index >= 15 is 0 Å². The Bertz CT molecular complexity index is 1020. The van der Waals surface area contributed by atoms with Crippen LogP contribution in [0.1, 0.15) is 24.0 Å². The average molecular weight is 467 g/mol. The molecule has 1 N–H and O–H groups in total. The van der Waals surface area contributed by atoms with Crippen molar-refractivity contribution in [2.24, 2.45) is 0 Å². The van der Waals surface area contributed by atoms with E-state index in [1.807, 2.05) is 37.4 Å². The van der Waals surface area contributed by atoms with Crippen LogP contribution in [-0.4, -0.2) is 79.7 Å². The van der Waals surface area contributed by atoms with Crippen LogP contribution < -0.4 is 10.1 Å². The van der Waals surface area contributed by atoms with Crippen molar-refractivity contribution in [1.82, 2.24) is 14.7 Å². The van der Waals surface area contributed by atoms with Gasteiger partial charge in [0.1, 0.15) is 11.3 Å². The molecule has 8 nitrogen and oxygen atoms in total. The molecule has 2 heterocycles. The van der Waals surface area contributed by atoms with Gasteiger partial charge in [-0.3, -0.25) is 14.6 Å². The molecule has 0 saturated carbocycles. The number of likely N-dealkylation sites (tertiary alicyclic amines) is 1. The summed E-state index contributed by atoms with van der Waals surface area (Å²) in [5.41, 5.74) is 2.37. The Hall–Kier alpha value is -3.10. The van der Waals surface area contributed by atoms with Crippen LogP contribution in [0.3, 0.4) is 0 Å². The number of anilines is 1. The smallest absolute Gasteiger partial charge is 0.328 e. The van der Waals surface area contributed by atoms with Crippen LogP contribution in [-0.2, 0) is 22.6 Å². The third-order valence-electron chi connectivity index (χ3n) is 6.92. The maximum absolute atomic E-state index is 13.7. The van der Waals surface area contributed by atoms with E-state index < -0.39 is 5.54 Å². The summed E-state index contributed by atoms with van der Waals surface area (Å²) in [7, 11) is 5.14. The minimum atomic E-state index is -0.808. The largest absolute Gasteiger partial charge is 0.497 e. The quantitative estimate of drug-likeness (QED) is 0.572. The number of amides is 3. The first-order chi connectivity index (χ1) is 16.5. The number of urea groups is 1. The highest BCUT2D eigenvalue weighted by Crippen LogP contribution is 2.38. The molecule has 0 aliphatic carbocycles. The SMILES string of the molecule is CNc1cccc(CN2CCC3(CC2)C(=O)N(Cc2cccc(OC)c2)C(=O)N3CCOC)c1. The molecule has 0 unspecified atom stereocenters. The fourth-order valence-corrected chi connectivity index (χ4v) is 5.02. The van der Waals surface area contributed by atoms with Gasteiger partial charge >= 0.3 is 6.03 Å². The second-order valence-electron chi connectivity index (χ2n) is 8.93. The molecule has 0 bridgehead atoms. The highest BCUT2D eigenvalue weighted by atomic mass is 16.5. The van der Waals surface area contributed by atoms with Crippen molar-refractivity contribution < 1.29 is 19.1 Å². The minimum Gasteiger partial charge on any atom is -0.497 e. The highest BCUT2D eigenvalue weighted by molar-refractivity contribution is 6.07. The Morgan fingerprint density at radius 3 is 2.35 bits per heavy atom.